The van der Waals surface area contributed by atoms with Crippen LogP contribution in [0.1, 0.15) is 18.9 Å². The highest BCUT2D eigenvalue weighted by Crippen LogP contribution is 2.25. The van der Waals surface area contributed by atoms with E-state index >= 15 is 0 Å². The van der Waals surface area contributed by atoms with Crippen molar-refractivity contribution in [1.82, 2.24) is 9.97 Å². The lowest BCUT2D eigenvalue weighted by atomic mass is 10.0. The van der Waals surface area contributed by atoms with Gasteiger partial charge in [0, 0.05) is 40.2 Å². The normalized spacial score (nSPS) is 13.2. The Morgan fingerprint density at radius 2 is 2.06 bits per heavy atom. The minimum atomic E-state index is 0.255. The topological polar surface area (TPSA) is 54.7 Å². The molecule has 1 unspecified atom stereocenters. The molecule has 0 saturated heterocycles. The van der Waals surface area contributed by atoms with Crippen LogP contribution in [0.2, 0.25) is 0 Å². The highest BCUT2D eigenvalue weighted by Gasteiger charge is 2.05. The van der Waals surface area contributed by atoms with Crippen molar-refractivity contribution >= 4 is 21.8 Å². The number of nitrogens with zero attached hydrogens (tertiary/aromatic N) is 1. The Balaban J connectivity index is 2.07. The van der Waals surface area contributed by atoms with E-state index in [0.717, 1.165) is 18.4 Å². The summed E-state index contributed by atoms with van der Waals surface area (Å²) in [7, 11) is 0. The maximum Gasteiger partial charge on any atom is 0.0495 e. The molecule has 0 fully saturated rings. The van der Waals surface area contributed by atoms with Crippen LogP contribution in [0.15, 0.2) is 36.7 Å². The fourth-order valence-corrected chi connectivity index (χ4v) is 2.34. The Bertz CT molecular complexity index is 682. The highest BCUT2D eigenvalue weighted by atomic mass is 14.7. The van der Waals surface area contributed by atoms with Gasteiger partial charge in [0.05, 0.1) is 0 Å². The van der Waals surface area contributed by atoms with E-state index in [4.69, 9.17) is 5.73 Å². The van der Waals surface area contributed by atoms with E-state index < -0.39 is 0 Å². The fraction of sp³-hybridized carbons (Fsp3) is 0.267. The second-order valence-corrected chi connectivity index (χ2v) is 4.94. The molecule has 2 heterocycles. The van der Waals surface area contributed by atoms with Gasteiger partial charge in [-0.3, -0.25) is 4.98 Å². The molecule has 0 saturated carbocycles. The number of fused-ring (bicyclic) bond motifs is 3. The first-order valence-corrected chi connectivity index (χ1v) is 6.34. The second-order valence-electron chi connectivity index (χ2n) is 4.94. The lowest BCUT2D eigenvalue weighted by molar-refractivity contribution is 0.666. The van der Waals surface area contributed by atoms with Gasteiger partial charge in [0.1, 0.15) is 0 Å². The lowest BCUT2D eigenvalue weighted by Crippen LogP contribution is -2.15. The van der Waals surface area contributed by atoms with Crippen LogP contribution < -0.4 is 5.73 Å². The maximum absolute atomic E-state index is 5.81. The number of hydrogen-bond donors (Lipinski definition) is 2. The van der Waals surface area contributed by atoms with E-state index in [9.17, 15) is 0 Å². The third-order valence-electron chi connectivity index (χ3n) is 3.35. The number of nitrogens with one attached hydrogen (secondary N) is 1. The molecular formula is C15H17N3. The fourth-order valence-electron chi connectivity index (χ4n) is 2.34. The Labute approximate surface area is 106 Å². The van der Waals surface area contributed by atoms with Gasteiger partial charge in [0.2, 0.25) is 0 Å². The van der Waals surface area contributed by atoms with Crippen LogP contribution in [0.4, 0.5) is 0 Å². The van der Waals surface area contributed by atoms with Crippen molar-refractivity contribution in [3.63, 3.8) is 0 Å². The van der Waals surface area contributed by atoms with Crippen LogP contribution in [0, 0.1) is 0 Å². The molecule has 3 nitrogen and oxygen atoms in total. The first-order valence-electron chi connectivity index (χ1n) is 6.34. The van der Waals surface area contributed by atoms with Crippen LogP contribution in [-0.2, 0) is 6.42 Å². The molecule has 1 aromatic carbocycles. The van der Waals surface area contributed by atoms with Gasteiger partial charge >= 0.3 is 0 Å². The summed E-state index contributed by atoms with van der Waals surface area (Å²) in [6.45, 7) is 2.05. The van der Waals surface area contributed by atoms with Crippen LogP contribution >= 0.6 is 0 Å². The Hall–Kier alpha value is -1.87. The van der Waals surface area contributed by atoms with E-state index in [2.05, 4.69) is 28.2 Å². The first kappa shape index (κ1) is 11.2. The van der Waals surface area contributed by atoms with Gasteiger partial charge in [-0.25, -0.2) is 0 Å². The molecule has 0 amide bonds. The number of pyridine rings is 1. The molecule has 0 aliphatic heterocycles. The molecule has 2 aromatic heterocycles. The summed E-state index contributed by atoms with van der Waals surface area (Å²) in [6, 6.07) is 8.83. The number of H-pyrrole nitrogens is 1. The molecule has 3 aromatic rings. The molecule has 0 bridgehead atoms. The average Bonchev–Trinajstić information content (AvgIpc) is 2.74. The van der Waals surface area contributed by atoms with Crippen LogP contribution in [0.5, 0.6) is 0 Å². The van der Waals surface area contributed by atoms with Gasteiger partial charge in [-0.05, 0) is 43.5 Å². The molecule has 92 valence electrons. The molecule has 3 N–H and O–H groups in total. The third kappa shape index (κ3) is 1.97. The molecular weight excluding hydrogens is 222 g/mol. The minimum Gasteiger partial charge on any atom is -0.354 e. The van der Waals surface area contributed by atoms with E-state index in [0.29, 0.717) is 0 Å². The summed E-state index contributed by atoms with van der Waals surface area (Å²) < 4.78 is 0. The predicted molar refractivity (Wildman–Crippen MR) is 75.6 cm³/mol. The Morgan fingerprint density at radius 3 is 2.89 bits per heavy atom. The van der Waals surface area contributed by atoms with Crippen molar-refractivity contribution in [3.05, 3.63) is 42.2 Å². The number of rotatable bonds is 3. The summed E-state index contributed by atoms with van der Waals surface area (Å²) in [5, 5.41) is 2.44. The summed E-state index contributed by atoms with van der Waals surface area (Å²) in [6.07, 6.45) is 5.78. The van der Waals surface area contributed by atoms with Crippen molar-refractivity contribution in [2.45, 2.75) is 25.8 Å². The summed E-state index contributed by atoms with van der Waals surface area (Å²) in [5.41, 5.74) is 9.46. The first-order chi connectivity index (χ1) is 8.74. The second kappa shape index (κ2) is 4.42. The van der Waals surface area contributed by atoms with E-state index in [1.54, 1.807) is 0 Å². The largest absolute Gasteiger partial charge is 0.354 e. The van der Waals surface area contributed by atoms with Gasteiger partial charge in [-0.1, -0.05) is 6.07 Å². The van der Waals surface area contributed by atoms with E-state index in [1.165, 1.54) is 21.9 Å². The van der Waals surface area contributed by atoms with Crippen LogP contribution in [0.3, 0.4) is 0 Å². The number of benzene rings is 1. The minimum absolute atomic E-state index is 0.255. The highest BCUT2D eigenvalue weighted by molar-refractivity contribution is 6.06. The monoisotopic (exact) mass is 239 g/mol. The van der Waals surface area contributed by atoms with E-state index in [-0.39, 0.29) is 6.04 Å². The van der Waals surface area contributed by atoms with Crippen molar-refractivity contribution in [2.75, 3.05) is 0 Å². The maximum atomic E-state index is 5.81. The molecule has 18 heavy (non-hydrogen) atoms. The summed E-state index contributed by atoms with van der Waals surface area (Å²) >= 11 is 0. The average molecular weight is 239 g/mol. The molecule has 0 aliphatic rings. The predicted octanol–water partition coefficient (Wildman–Crippen LogP) is 3.00. The SMILES string of the molecule is CC(N)CCc1ccc2[nH]c3ccncc3c2c1. The van der Waals surface area contributed by atoms with Crippen LogP contribution in [-0.4, -0.2) is 16.0 Å². The summed E-state index contributed by atoms with van der Waals surface area (Å²) in [5.74, 6) is 0. The standard InChI is InChI=1S/C15H17N3/c1-10(16)2-3-11-4-5-14-12(8-11)13-9-17-7-6-15(13)18-14/h4-10,18H,2-3,16H2,1H3. The number of hydrogen-bond acceptors (Lipinski definition) is 2. The molecule has 0 spiro atoms. The smallest absolute Gasteiger partial charge is 0.0495 e. The molecule has 1 atom stereocenters. The van der Waals surface area contributed by atoms with Gasteiger partial charge in [-0.2, -0.15) is 0 Å². The summed E-state index contributed by atoms with van der Waals surface area (Å²) in [4.78, 5) is 7.60. The molecule has 3 rings (SSSR count). The van der Waals surface area contributed by atoms with E-state index in [1.807, 2.05) is 25.4 Å². The van der Waals surface area contributed by atoms with Gasteiger partial charge in [-0.15, -0.1) is 0 Å². The van der Waals surface area contributed by atoms with Crippen molar-refractivity contribution in [2.24, 2.45) is 5.73 Å². The quantitative estimate of drug-likeness (QED) is 0.738. The van der Waals surface area contributed by atoms with Crippen LogP contribution in [0.25, 0.3) is 21.8 Å². The zero-order valence-corrected chi connectivity index (χ0v) is 10.5. The Morgan fingerprint density at radius 1 is 1.22 bits per heavy atom. The lowest BCUT2D eigenvalue weighted by Gasteiger charge is -2.05. The number of aromatic nitrogens is 2. The number of aromatic amines is 1. The number of nitrogens with two attached hydrogens (primary N) is 1. The van der Waals surface area contributed by atoms with Gasteiger partial charge in [0.25, 0.3) is 0 Å². The molecule has 3 heteroatoms. The van der Waals surface area contributed by atoms with Crippen molar-refractivity contribution < 1.29 is 0 Å². The van der Waals surface area contributed by atoms with Crippen molar-refractivity contribution in [3.8, 4) is 0 Å². The Kier molecular flexibility index (Phi) is 2.76. The van der Waals surface area contributed by atoms with Gasteiger partial charge in [0.15, 0.2) is 0 Å². The van der Waals surface area contributed by atoms with Gasteiger partial charge < -0.3 is 10.7 Å². The molecule has 0 aliphatic carbocycles. The zero-order chi connectivity index (χ0) is 12.5. The van der Waals surface area contributed by atoms with Crippen molar-refractivity contribution in [1.29, 1.82) is 0 Å². The molecule has 0 radical (unpaired) electrons. The number of aryl methyl sites for hydroxylation is 1. The third-order valence-corrected chi connectivity index (χ3v) is 3.35. The zero-order valence-electron chi connectivity index (χ0n) is 10.5.